The number of hydrogen-bond donors (Lipinski definition) is 1. The van der Waals surface area contributed by atoms with Gasteiger partial charge in [0.2, 0.25) is 21.8 Å². The van der Waals surface area contributed by atoms with E-state index in [0.29, 0.717) is 11.0 Å². The highest BCUT2D eigenvalue weighted by molar-refractivity contribution is 7.88. The van der Waals surface area contributed by atoms with Crippen molar-refractivity contribution in [2.24, 2.45) is 11.8 Å². The minimum atomic E-state index is -4.85. The highest BCUT2D eigenvalue weighted by atomic mass is 32.2. The number of nitriles is 1. The van der Waals surface area contributed by atoms with E-state index in [9.17, 15) is 31.2 Å². The average Bonchev–Trinajstić information content (AvgIpc) is 3.13. The lowest BCUT2D eigenvalue weighted by Gasteiger charge is -2.35. The van der Waals surface area contributed by atoms with Crippen LogP contribution in [0.15, 0.2) is 18.2 Å². The maximum Gasteiger partial charge on any atom is 0.417 e. The number of ether oxygens (including phenoxy) is 1. The topological polar surface area (TPSA) is 117 Å². The van der Waals surface area contributed by atoms with Crippen LogP contribution in [-0.4, -0.2) is 43.7 Å². The predicted molar refractivity (Wildman–Crippen MR) is 99.9 cm³/mol. The molecule has 3 fully saturated rings. The number of nitrogens with one attached hydrogen (secondary N) is 1. The van der Waals surface area contributed by atoms with Gasteiger partial charge in [0.15, 0.2) is 0 Å². The summed E-state index contributed by atoms with van der Waals surface area (Å²) in [6.45, 7) is 3.12. The molecule has 166 valence electrons. The lowest BCUT2D eigenvalue weighted by Crippen LogP contribution is -2.56. The van der Waals surface area contributed by atoms with Crippen LogP contribution in [0.5, 0.6) is 0 Å². The summed E-state index contributed by atoms with van der Waals surface area (Å²) in [4.78, 5) is 27.1. The average molecular weight is 457 g/mol. The standard InChI is InChI=1S/C19H18F3N3O5S/c1-17-7-12(24-31(3,28)29)18(2,30-17)14-13(17)15(26)25(16(14)27)10-5-4-9(8-23)11(6-10)19(20,21)22/h4-6,12-14,24H,7H2,1-3H3/t12-,13-,14+,17-,18+/m1/s1. The number of benzene rings is 1. The zero-order valence-corrected chi connectivity index (χ0v) is 17.5. The fraction of sp³-hybridized carbons (Fsp3) is 0.526. The molecule has 4 rings (SSSR count). The zero-order chi connectivity index (χ0) is 23.1. The molecular weight excluding hydrogens is 439 g/mol. The molecule has 31 heavy (non-hydrogen) atoms. The van der Waals surface area contributed by atoms with E-state index in [1.807, 2.05) is 0 Å². The number of anilines is 1. The largest absolute Gasteiger partial charge is 0.417 e. The molecule has 0 aliphatic carbocycles. The minimum absolute atomic E-state index is 0.131. The number of fused-ring (bicyclic) bond motifs is 5. The van der Waals surface area contributed by atoms with Crippen LogP contribution in [0.3, 0.4) is 0 Å². The van der Waals surface area contributed by atoms with Gasteiger partial charge in [0.05, 0.1) is 58.2 Å². The number of amides is 2. The molecule has 5 atom stereocenters. The first-order valence-electron chi connectivity index (χ1n) is 9.29. The van der Waals surface area contributed by atoms with E-state index >= 15 is 0 Å². The molecule has 1 aromatic carbocycles. The number of carbonyl (C=O) groups excluding carboxylic acids is 2. The Labute approximate surface area is 176 Å². The van der Waals surface area contributed by atoms with Crippen molar-refractivity contribution in [3.8, 4) is 6.07 Å². The Hall–Kier alpha value is -2.49. The molecule has 1 N–H and O–H groups in total. The Kier molecular flexibility index (Phi) is 4.40. The smallest absolute Gasteiger partial charge is 0.366 e. The van der Waals surface area contributed by atoms with Gasteiger partial charge in [-0.05, 0) is 38.5 Å². The number of sulfonamides is 1. The number of halogens is 3. The van der Waals surface area contributed by atoms with Crippen LogP contribution >= 0.6 is 0 Å². The van der Waals surface area contributed by atoms with Crippen molar-refractivity contribution >= 4 is 27.5 Å². The Morgan fingerprint density at radius 1 is 1.23 bits per heavy atom. The van der Waals surface area contributed by atoms with Gasteiger partial charge < -0.3 is 4.74 Å². The van der Waals surface area contributed by atoms with Crippen molar-refractivity contribution in [3.05, 3.63) is 29.3 Å². The van der Waals surface area contributed by atoms with Crippen LogP contribution in [0, 0.1) is 23.2 Å². The first kappa shape index (κ1) is 21.7. The molecule has 0 unspecified atom stereocenters. The number of nitrogens with zero attached hydrogens (tertiary/aromatic N) is 2. The molecule has 3 heterocycles. The van der Waals surface area contributed by atoms with Crippen LogP contribution in [0.1, 0.15) is 31.4 Å². The molecule has 0 saturated carbocycles. The summed E-state index contributed by atoms with van der Waals surface area (Å²) in [7, 11) is -3.65. The summed E-state index contributed by atoms with van der Waals surface area (Å²) in [5, 5.41) is 8.97. The summed E-state index contributed by atoms with van der Waals surface area (Å²) in [6, 6.07) is 3.31. The van der Waals surface area contributed by atoms with Crippen LogP contribution in [0.2, 0.25) is 0 Å². The Morgan fingerprint density at radius 2 is 1.84 bits per heavy atom. The molecule has 3 aliphatic heterocycles. The van der Waals surface area contributed by atoms with E-state index in [1.165, 1.54) is 13.0 Å². The summed E-state index contributed by atoms with van der Waals surface area (Å²) >= 11 is 0. The van der Waals surface area contributed by atoms with Crippen LogP contribution in [0.25, 0.3) is 0 Å². The fourth-order valence-corrected chi connectivity index (χ4v) is 6.06. The van der Waals surface area contributed by atoms with E-state index in [2.05, 4.69) is 4.72 Å². The summed E-state index contributed by atoms with van der Waals surface area (Å²) in [5.74, 6) is -3.51. The van der Waals surface area contributed by atoms with Crippen molar-refractivity contribution < 1.29 is 35.9 Å². The van der Waals surface area contributed by atoms with Crippen molar-refractivity contribution in [1.29, 1.82) is 5.26 Å². The second-order valence-corrected chi connectivity index (χ2v) is 10.3. The molecule has 2 amide bonds. The van der Waals surface area contributed by atoms with Crippen LogP contribution in [-0.2, 0) is 30.5 Å². The first-order valence-corrected chi connectivity index (χ1v) is 11.2. The number of rotatable bonds is 3. The number of hydrogen-bond acceptors (Lipinski definition) is 6. The fourth-order valence-electron chi connectivity index (χ4n) is 5.23. The van der Waals surface area contributed by atoms with Gasteiger partial charge >= 0.3 is 6.18 Å². The van der Waals surface area contributed by atoms with E-state index in [4.69, 9.17) is 10.00 Å². The van der Waals surface area contributed by atoms with E-state index in [1.54, 1.807) is 6.92 Å². The minimum Gasteiger partial charge on any atom is -0.366 e. The predicted octanol–water partition coefficient (Wildman–Crippen LogP) is 1.55. The molecule has 8 nitrogen and oxygen atoms in total. The molecular formula is C19H18F3N3O5S. The van der Waals surface area contributed by atoms with Crippen molar-refractivity contribution in [2.45, 2.75) is 43.7 Å². The molecule has 2 bridgehead atoms. The van der Waals surface area contributed by atoms with E-state index in [0.717, 1.165) is 18.4 Å². The highest BCUT2D eigenvalue weighted by Crippen LogP contribution is 2.61. The lowest BCUT2D eigenvalue weighted by molar-refractivity contribution is -0.138. The Morgan fingerprint density at radius 3 is 2.39 bits per heavy atom. The van der Waals surface area contributed by atoms with Crippen molar-refractivity contribution in [1.82, 2.24) is 4.72 Å². The molecule has 0 aromatic heterocycles. The molecule has 3 aliphatic rings. The molecule has 12 heteroatoms. The van der Waals surface area contributed by atoms with Gasteiger partial charge in [-0.2, -0.15) is 18.4 Å². The van der Waals surface area contributed by atoms with Gasteiger partial charge in [-0.25, -0.2) is 18.0 Å². The van der Waals surface area contributed by atoms with Crippen molar-refractivity contribution in [3.63, 3.8) is 0 Å². The van der Waals surface area contributed by atoms with Gasteiger partial charge in [-0.15, -0.1) is 0 Å². The third-order valence-corrected chi connectivity index (χ3v) is 7.09. The maximum atomic E-state index is 13.4. The monoisotopic (exact) mass is 457 g/mol. The van der Waals surface area contributed by atoms with E-state index < -0.39 is 68.2 Å². The lowest BCUT2D eigenvalue weighted by atomic mass is 9.67. The molecule has 3 saturated heterocycles. The van der Waals surface area contributed by atoms with Gasteiger partial charge in [-0.1, -0.05) is 0 Å². The normalized spacial score (nSPS) is 34.9. The summed E-state index contributed by atoms with van der Waals surface area (Å²) < 4.78 is 72.1. The van der Waals surface area contributed by atoms with Gasteiger partial charge in [0.1, 0.15) is 0 Å². The second kappa shape index (κ2) is 6.27. The SMILES string of the molecule is C[C@]12O[C@](C)(C[C@H]1NS(C)(=O)=O)[C@H]1C(=O)N(c3ccc(C#N)c(C(F)(F)F)c3)C(=O)[C@H]12. The van der Waals surface area contributed by atoms with E-state index in [-0.39, 0.29) is 12.1 Å². The maximum absolute atomic E-state index is 13.4. The number of carbonyl (C=O) groups is 2. The third-order valence-electron chi connectivity index (χ3n) is 6.38. The zero-order valence-electron chi connectivity index (χ0n) is 16.6. The Balaban J connectivity index is 1.77. The summed E-state index contributed by atoms with van der Waals surface area (Å²) in [5.41, 5.74) is -4.68. The number of imide groups is 1. The Bertz CT molecular complexity index is 1160. The van der Waals surface area contributed by atoms with Crippen LogP contribution < -0.4 is 9.62 Å². The number of alkyl halides is 3. The van der Waals surface area contributed by atoms with Crippen LogP contribution in [0.4, 0.5) is 18.9 Å². The first-order chi connectivity index (χ1) is 14.1. The van der Waals surface area contributed by atoms with Gasteiger partial charge in [0, 0.05) is 0 Å². The van der Waals surface area contributed by atoms with Crippen molar-refractivity contribution in [2.75, 3.05) is 11.2 Å². The molecule has 0 spiro atoms. The molecule has 0 radical (unpaired) electrons. The summed E-state index contributed by atoms with van der Waals surface area (Å²) in [6.07, 6.45) is -3.76. The second-order valence-electron chi connectivity index (χ2n) is 8.55. The third kappa shape index (κ3) is 3.06. The quantitative estimate of drug-likeness (QED) is 0.689. The van der Waals surface area contributed by atoms with Gasteiger partial charge in [0.25, 0.3) is 0 Å². The highest BCUT2D eigenvalue weighted by Gasteiger charge is 2.76. The van der Waals surface area contributed by atoms with Gasteiger partial charge in [-0.3, -0.25) is 9.59 Å². The molecule has 1 aromatic rings.